The number of nitrogens with one attached hydrogen (secondary N) is 1. The fraction of sp³-hybridized carbons (Fsp3) is 0.200. The van der Waals surface area contributed by atoms with Gasteiger partial charge in [0.25, 0.3) is 0 Å². The van der Waals surface area contributed by atoms with Gasteiger partial charge in [-0.25, -0.2) is 4.52 Å². The van der Waals surface area contributed by atoms with E-state index in [2.05, 4.69) is 15.4 Å². The molecule has 0 fully saturated rings. The first kappa shape index (κ1) is 13.9. The second kappa shape index (κ2) is 6.11. The number of aromatic nitrogens is 3. The van der Waals surface area contributed by atoms with Gasteiger partial charge in [0, 0.05) is 18.8 Å². The molecule has 0 saturated heterocycles. The second-order valence-corrected chi connectivity index (χ2v) is 5.25. The highest BCUT2D eigenvalue weighted by Crippen LogP contribution is 2.14. The van der Waals surface area contributed by atoms with Gasteiger partial charge in [-0.3, -0.25) is 0 Å². The molecule has 0 aliphatic rings. The average Bonchev–Trinajstić information content (AvgIpc) is 2.89. The van der Waals surface area contributed by atoms with Crippen LogP contribution >= 0.6 is 11.6 Å². The molecule has 1 aromatic carbocycles. The van der Waals surface area contributed by atoms with E-state index < -0.39 is 0 Å². The smallest absolute Gasteiger partial charge is 0.243 e. The summed E-state index contributed by atoms with van der Waals surface area (Å²) in [5, 5.41) is 8.13. The number of hydrogen-bond acceptors (Lipinski definition) is 4. The lowest BCUT2D eigenvalue weighted by molar-refractivity contribution is 0.673. The molecule has 0 radical (unpaired) electrons. The zero-order chi connectivity index (χ0) is 14.7. The molecule has 5 nitrogen and oxygen atoms in total. The topological polar surface area (TPSA) is 68.2 Å². The summed E-state index contributed by atoms with van der Waals surface area (Å²) >= 11 is 5.92. The highest BCUT2D eigenvalue weighted by molar-refractivity contribution is 6.30. The molecule has 1 unspecified atom stereocenters. The molecule has 21 heavy (non-hydrogen) atoms. The van der Waals surface area contributed by atoms with Gasteiger partial charge in [0.2, 0.25) is 5.95 Å². The number of nitrogens with zero attached hydrogens (tertiary/aromatic N) is 3. The van der Waals surface area contributed by atoms with Gasteiger partial charge in [0.05, 0.1) is 5.02 Å². The summed E-state index contributed by atoms with van der Waals surface area (Å²) in [7, 11) is 0. The molecule has 2 aromatic heterocycles. The number of anilines is 1. The third kappa shape index (κ3) is 3.32. The average molecular weight is 302 g/mol. The second-order valence-electron chi connectivity index (χ2n) is 4.82. The molecule has 108 valence electrons. The Hall–Kier alpha value is -2.11. The van der Waals surface area contributed by atoms with E-state index in [0.29, 0.717) is 17.5 Å². The van der Waals surface area contributed by atoms with Crippen LogP contribution in [0.1, 0.15) is 18.0 Å². The van der Waals surface area contributed by atoms with Crippen molar-refractivity contribution in [2.75, 3.05) is 11.9 Å². The molecule has 3 aromatic rings. The lowest BCUT2D eigenvalue weighted by Gasteiger charge is -2.11. The minimum Gasteiger partial charge on any atom is -0.353 e. The van der Waals surface area contributed by atoms with Gasteiger partial charge in [0.15, 0.2) is 5.65 Å². The maximum atomic E-state index is 6.15. The Morgan fingerprint density at radius 3 is 2.81 bits per heavy atom. The van der Waals surface area contributed by atoms with Gasteiger partial charge in [-0.2, -0.15) is 4.98 Å². The number of halogens is 1. The van der Waals surface area contributed by atoms with Crippen LogP contribution in [0, 0.1) is 0 Å². The summed E-state index contributed by atoms with van der Waals surface area (Å²) in [4.78, 5) is 4.36. The summed E-state index contributed by atoms with van der Waals surface area (Å²) < 4.78 is 1.65. The predicted molar refractivity (Wildman–Crippen MR) is 84.5 cm³/mol. The van der Waals surface area contributed by atoms with Gasteiger partial charge >= 0.3 is 0 Å². The van der Waals surface area contributed by atoms with Crippen LogP contribution in [-0.4, -0.2) is 21.1 Å². The van der Waals surface area contributed by atoms with E-state index in [4.69, 9.17) is 17.3 Å². The van der Waals surface area contributed by atoms with Crippen LogP contribution in [0.25, 0.3) is 5.65 Å². The van der Waals surface area contributed by atoms with Crippen molar-refractivity contribution in [2.24, 2.45) is 5.73 Å². The van der Waals surface area contributed by atoms with Crippen LogP contribution in [0.15, 0.2) is 48.7 Å². The minimum absolute atomic E-state index is 0.00479. The zero-order valence-corrected chi connectivity index (χ0v) is 12.2. The van der Waals surface area contributed by atoms with Gasteiger partial charge in [-0.15, -0.1) is 5.10 Å². The summed E-state index contributed by atoms with van der Waals surface area (Å²) in [6, 6.07) is 13.7. The van der Waals surface area contributed by atoms with E-state index in [1.54, 1.807) is 16.8 Å². The molecule has 0 bridgehead atoms. The number of rotatable bonds is 5. The summed E-state index contributed by atoms with van der Waals surface area (Å²) in [5.41, 5.74) is 8.04. The Morgan fingerprint density at radius 2 is 2.00 bits per heavy atom. The molecule has 6 heteroatoms. The van der Waals surface area contributed by atoms with Crippen LogP contribution < -0.4 is 11.1 Å². The predicted octanol–water partition coefficient (Wildman–Crippen LogP) is 2.88. The van der Waals surface area contributed by atoms with E-state index in [1.807, 2.05) is 36.4 Å². The Bertz CT molecular complexity index is 725. The molecule has 1 atom stereocenters. The normalized spacial score (nSPS) is 12.5. The molecule has 0 saturated carbocycles. The van der Waals surface area contributed by atoms with Crippen LogP contribution in [0.2, 0.25) is 5.02 Å². The number of fused-ring (bicyclic) bond motifs is 1. The van der Waals surface area contributed by atoms with Gasteiger partial charge in [-0.1, -0.05) is 41.9 Å². The van der Waals surface area contributed by atoms with Crippen molar-refractivity contribution in [1.82, 2.24) is 14.6 Å². The van der Waals surface area contributed by atoms with Crippen molar-refractivity contribution in [1.29, 1.82) is 0 Å². The quantitative estimate of drug-likeness (QED) is 0.760. The van der Waals surface area contributed by atoms with E-state index in [-0.39, 0.29) is 6.04 Å². The summed E-state index contributed by atoms with van der Waals surface area (Å²) in [6.45, 7) is 0.709. The first-order valence-electron chi connectivity index (χ1n) is 6.79. The minimum atomic E-state index is 0.00479. The fourth-order valence-electron chi connectivity index (χ4n) is 2.14. The van der Waals surface area contributed by atoms with Crippen molar-refractivity contribution in [3.63, 3.8) is 0 Å². The van der Waals surface area contributed by atoms with E-state index in [9.17, 15) is 0 Å². The largest absolute Gasteiger partial charge is 0.353 e. The van der Waals surface area contributed by atoms with Crippen LogP contribution in [0.5, 0.6) is 0 Å². The molecule has 0 spiro atoms. The molecular weight excluding hydrogens is 286 g/mol. The van der Waals surface area contributed by atoms with Crippen LogP contribution in [0.3, 0.4) is 0 Å². The van der Waals surface area contributed by atoms with Gasteiger partial charge in [-0.05, 0) is 24.1 Å². The standard InChI is InChI=1S/C15H16ClN5/c16-12-6-7-14-19-15(20-21(14)10-12)18-9-8-13(17)11-4-2-1-3-5-11/h1-7,10,13H,8-9,17H2,(H,18,20). The maximum absolute atomic E-state index is 6.15. The van der Waals surface area contributed by atoms with Crippen molar-refractivity contribution in [3.8, 4) is 0 Å². The van der Waals surface area contributed by atoms with Crippen molar-refractivity contribution in [3.05, 3.63) is 59.2 Å². The molecule has 0 aliphatic carbocycles. The maximum Gasteiger partial charge on any atom is 0.243 e. The Morgan fingerprint density at radius 1 is 1.19 bits per heavy atom. The third-order valence-electron chi connectivity index (χ3n) is 3.26. The number of pyridine rings is 1. The van der Waals surface area contributed by atoms with Crippen molar-refractivity contribution >= 4 is 23.2 Å². The van der Waals surface area contributed by atoms with E-state index >= 15 is 0 Å². The van der Waals surface area contributed by atoms with Crippen LogP contribution in [-0.2, 0) is 0 Å². The number of nitrogens with two attached hydrogens (primary N) is 1. The molecule has 3 rings (SSSR count). The molecular formula is C15H16ClN5. The molecule has 2 heterocycles. The molecule has 0 amide bonds. The first-order valence-corrected chi connectivity index (χ1v) is 7.16. The SMILES string of the molecule is NC(CCNc1nc2ccc(Cl)cn2n1)c1ccccc1. The Labute approximate surface area is 127 Å². The van der Waals surface area contributed by atoms with E-state index in [0.717, 1.165) is 17.6 Å². The lowest BCUT2D eigenvalue weighted by Crippen LogP contribution is -2.15. The van der Waals surface area contributed by atoms with Gasteiger partial charge in [0.1, 0.15) is 0 Å². The molecule has 0 aliphatic heterocycles. The zero-order valence-electron chi connectivity index (χ0n) is 11.4. The van der Waals surface area contributed by atoms with Crippen molar-refractivity contribution < 1.29 is 0 Å². The van der Waals surface area contributed by atoms with Crippen molar-refractivity contribution in [2.45, 2.75) is 12.5 Å². The highest BCUT2D eigenvalue weighted by Gasteiger charge is 2.07. The summed E-state index contributed by atoms with van der Waals surface area (Å²) in [5.74, 6) is 0.581. The number of benzene rings is 1. The monoisotopic (exact) mass is 301 g/mol. The van der Waals surface area contributed by atoms with E-state index in [1.165, 1.54) is 0 Å². The summed E-state index contributed by atoms with van der Waals surface area (Å²) in [6.07, 6.45) is 2.53. The fourth-order valence-corrected chi connectivity index (χ4v) is 2.29. The third-order valence-corrected chi connectivity index (χ3v) is 3.48. The van der Waals surface area contributed by atoms with Gasteiger partial charge < -0.3 is 11.1 Å². The number of hydrogen-bond donors (Lipinski definition) is 2. The van der Waals surface area contributed by atoms with Crippen LogP contribution in [0.4, 0.5) is 5.95 Å². The lowest BCUT2D eigenvalue weighted by atomic mass is 10.1. The first-order chi connectivity index (χ1) is 10.2. The molecule has 3 N–H and O–H groups in total. The Kier molecular flexibility index (Phi) is 4.03. The Balaban J connectivity index is 1.59. The highest BCUT2D eigenvalue weighted by atomic mass is 35.5.